The predicted molar refractivity (Wildman–Crippen MR) is 67.6 cm³/mol. The van der Waals surface area contributed by atoms with Crippen molar-refractivity contribution in [3.63, 3.8) is 0 Å². The van der Waals surface area contributed by atoms with Crippen LogP contribution < -0.4 is 5.32 Å². The summed E-state index contributed by atoms with van der Waals surface area (Å²) < 4.78 is 23.3. The molecule has 1 rings (SSSR count). The lowest BCUT2D eigenvalue weighted by molar-refractivity contribution is -0.120. The van der Waals surface area contributed by atoms with E-state index in [1.54, 1.807) is 12.1 Å². The van der Waals surface area contributed by atoms with Crippen molar-refractivity contribution in [1.29, 1.82) is 0 Å². The van der Waals surface area contributed by atoms with Crippen LogP contribution in [-0.2, 0) is 14.6 Å². The van der Waals surface area contributed by atoms with Gasteiger partial charge in [-0.15, -0.1) is 0 Å². The Kier molecular flexibility index (Phi) is 3.93. The molecule has 0 aliphatic carbocycles. The number of sulfone groups is 1. The van der Waals surface area contributed by atoms with Crippen molar-refractivity contribution in [3.05, 3.63) is 34.9 Å². The van der Waals surface area contributed by atoms with Crippen LogP contribution >= 0.6 is 0 Å². The van der Waals surface area contributed by atoms with E-state index in [0.29, 0.717) is 5.56 Å². The summed E-state index contributed by atoms with van der Waals surface area (Å²) in [6.45, 7) is 3.83. The van der Waals surface area contributed by atoms with Crippen molar-refractivity contribution in [2.45, 2.75) is 19.1 Å². The summed E-state index contributed by atoms with van der Waals surface area (Å²) in [6, 6.07) is 5.26. The standard InChI is InChI=1S/C12H17NO3S/c1-8-5-6-10(7-9(8)2)11(12(14)13-3)17(4,15)16/h5-7,11H,1-4H3,(H,13,14). The van der Waals surface area contributed by atoms with Crippen LogP contribution in [0.1, 0.15) is 21.9 Å². The van der Waals surface area contributed by atoms with E-state index >= 15 is 0 Å². The van der Waals surface area contributed by atoms with Crippen LogP contribution in [0.2, 0.25) is 0 Å². The van der Waals surface area contributed by atoms with Gasteiger partial charge in [-0.05, 0) is 30.5 Å². The van der Waals surface area contributed by atoms with Gasteiger partial charge in [-0.25, -0.2) is 8.42 Å². The molecule has 0 spiro atoms. The molecule has 1 amide bonds. The highest BCUT2D eigenvalue weighted by molar-refractivity contribution is 7.91. The second kappa shape index (κ2) is 4.87. The fourth-order valence-corrected chi connectivity index (χ4v) is 2.80. The van der Waals surface area contributed by atoms with Gasteiger partial charge in [0, 0.05) is 13.3 Å². The number of benzene rings is 1. The van der Waals surface area contributed by atoms with Crippen LogP contribution in [0.25, 0.3) is 0 Å². The van der Waals surface area contributed by atoms with E-state index in [4.69, 9.17) is 0 Å². The number of hydrogen-bond acceptors (Lipinski definition) is 3. The first-order valence-electron chi connectivity index (χ1n) is 5.25. The minimum absolute atomic E-state index is 0.504. The van der Waals surface area contributed by atoms with Gasteiger partial charge in [0.2, 0.25) is 5.91 Å². The number of hydrogen-bond donors (Lipinski definition) is 1. The molecule has 1 aromatic rings. The molecule has 0 aromatic heterocycles. The lowest BCUT2D eigenvalue weighted by Gasteiger charge is -2.15. The summed E-state index contributed by atoms with van der Waals surface area (Å²) in [5.41, 5.74) is 2.55. The van der Waals surface area contributed by atoms with Gasteiger partial charge >= 0.3 is 0 Å². The second-order valence-corrected chi connectivity index (χ2v) is 6.30. The van der Waals surface area contributed by atoms with E-state index in [-0.39, 0.29) is 0 Å². The monoisotopic (exact) mass is 255 g/mol. The molecule has 4 nitrogen and oxygen atoms in total. The summed E-state index contributed by atoms with van der Waals surface area (Å²) in [6.07, 6.45) is 1.07. The molecule has 1 N–H and O–H groups in total. The molecule has 1 atom stereocenters. The minimum Gasteiger partial charge on any atom is -0.358 e. The van der Waals surface area contributed by atoms with Gasteiger partial charge in [0.05, 0.1) is 0 Å². The number of likely N-dealkylation sites (N-methyl/N-ethyl adjacent to an activating group) is 1. The maximum Gasteiger partial charge on any atom is 0.242 e. The fourth-order valence-electron chi connectivity index (χ4n) is 1.65. The summed E-state index contributed by atoms with van der Waals surface area (Å²) >= 11 is 0. The van der Waals surface area contributed by atoms with E-state index in [1.165, 1.54) is 7.05 Å². The predicted octanol–water partition coefficient (Wildman–Crippen LogP) is 1.14. The van der Waals surface area contributed by atoms with Crippen molar-refractivity contribution < 1.29 is 13.2 Å². The molecular formula is C12H17NO3S. The molecule has 17 heavy (non-hydrogen) atoms. The average molecular weight is 255 g/mol. The van der Waals surface area contributed by atoms with Crippen LogP contribution in [-0.4, -0.2) is 27.6 Å². The Morgan fingerprint density at radius 2 is 1.82 bits per heavy atom. The highest BCUT2D eigenvalue weighted by atomic mass is 32.2. The van der Waals surface area contributed by atoms with Crippen LogP contribution in [0.4, 0.5) is 0 Å². The number of aryl methyl sites for hydroxylation is 2. The highest BCUT2D eigenvalue weighted by Gasteiger charge is 2.29. The van der Waals surface area contributed by atoms with Gasteiger partial charge in [-0.3, -0.25) is 4.79 Å². The summed E-state index contributed by atoms with van der Waals surface area (Å²) in [4.78, 5) is 11.7. The number of nitrogens with one attached hydrogen (secondary N) is 1. The highest BCUT2D eigenvalue weighted by Crippen LogP contribution is 2.24. The van der Waals surface area contributed by atoms with Crippen molar-refractivity contribution in [3.8, 4) is 0 Å². The third-order valence-corrected chi connectivity index (χ3v) is 4.09. The van der Waals surface area contributed by atoms with Gasteiger partial charge in [-0.2, -0.15) is 0 Å². The van der Waals surface area contributed by atoms with Gasteiger partial charge in [0.25, 0.3) is 0 Å². The van der Waals surface area contributed by atoms with E-state index in [2.05, 4.69) is 5.32 Å². The fraction of sp³-hybridized carbons (Fsp3) is 0.417. The Labute approximate surface area is 102 Å². The SMILES string of the molecule is CNC(=O)C(c1ccc(C)c(C)c1)S(C)(=O)=O. The molecule has 0 saturated carbocycles. The second-order valence-electron chi connectivity index (χ2n) is 4.17. The first kappa shape index (κ1) is 13.7. The molecule has 0 saturated heterocycles. The quantitative estimate of drug-likeness (QED) is 0.880. The normalized spacial score (nSPS) is 13.2. The summed E-state index contributed by atoms with van der Waals surface area (Å²) in [7, 11) is -2.04. The van der Waals surface area contributed by atoms with Gasteiger partial charge < -0.3 is 5.32 Å². The van der Waals surface area contributed by atoms with Crippen molar-refractivity contribution in [1.82, 2.24) is 5.32 Å². The summed E-state index contributed by atoms with van der Waals surface area (Å²) in [5.74, 6) is -0.504. The van der Waals surface area contributed by atoms with Crippen molar-refractivity contribution in [2.75, 3.05) is 13.3 Å². The Bertz CT molecular complexity index is 535. The lowest BCUT2D eigenvalue weighted by Crippen LogP contribution is -2.30. The molecular weight excluding hydrogens is 238 g/mol. The first-order valence-corrected chi connectivity index (χ1v) is 7.20. The molecule has 1 unspecified atom stereocenters. The van der Waals surface area contributed by atoms with E-state index in [9.17, 15) is 13.2 Å². The third kappa shape index (κ3) is 3.06. The number of carbonyl (C=O) groups excluding carboxylic acids is 1. The third-order valence-electron chi connectivity index (χ3n) is 2.75. The van der Waals surface area contributed by atoms with E-state index in [1.807, 2.05) is 19.9 Å². The zero-order valence-electron chi connectivity index (χ0n) is 10.4. The van der Waals surface area contributed by atoms with Crippen LogP contribution in [0.3, 0.4) is 0 Å². The number of carbonyl (C=O) groups is 1. The van der Waals surface area contributed by atoms with Crippen molar-refractivity contribution in [2.24, 2.45) is 0 Å². The number of rotatable bonds is 3. The molecule has 94 valence electrons. The molecule has 0 aliphatic rings. The zero-order valence-corrected chi connectivity index (χ0v) is 11.3. The summed E-state index contributed by atoms with van der Waals surface area (Å²) in [5, 5.41) is 1.25. The molecule has 0 radical (unpaired) electrons. The lowest BCUT2D eigenvalue weighted by atomic mass is 10.0. The van der Waals surface area contributed by atoms with E-state index in [0.717, 1.165) is 17.4 Å². The largest absolute Gasteiger partial charge is 0.358 e. The zero-order chi connectivity index (χ0) is 13.2. The molecule has 0 heterocycles. The first-order chi connectivity index (χ1) is 7.77. The molecule has 0 bridgehead atoms. The van der Waals surface area contributed by atoms with Crippen molar-refractivity contribution >= 4 is 15.7 Å². The molecule has 0 fully saturated rings. The van der Waals surface area contributed by atoms with Crippen LogP contribution in [0.15, 0.2) is 18.2 Å². The van der Waals surface area contributed by atoms with E-state index < -0.39 is 21.0 Å². The Morgan fingerprint density at radius 3 is 2.24 bits per heavy atom. The maximum atomic E-state index is 11.7. The molecule has 5 heteroatoms. The van der Waals surface area contributed by atoms with Crippen LogP contribution in [0.5, 0.6) is 0 Å². The Hall–Kier alpha value is -1.36. The Balaban J connectivity index is 3.33. The van der Waals surface area contributed by atoms with Gasteiger partial charge in [0.1, 0.15) is 0 Å². The molecule has 0 aliphatic heterocycles. The average Bonchev–Trinajstić information content (AvgIpc) is 2.21. The number of amides is 1. The van der Waals surface area contributed by atoms with Gasteiger partial charge in [0.15, 0.2) is 15.1 Å². The minimum atomic E-state index is -3.47. The Morgan fingerprint density at radius 1 is 1.24 bits per heavy atom. The molecule has 1 aromatic carbocycles. The van der Waals surface area contributed by atoms with Crippen LogP contribution in [0, 0.1) is 13.8 Å². The topological polar surface area (TPSA) is 63.2 Å². The smallest absolute Gasteiger partial charge is 0.242 e. The van der Waals surface area contributed by atoms with Gasteiger partial charge in [-0.1, -0.05) is 18.2 Å². The maximum absolute atomic E-state index is 11.7.